The van der Waals surface area contributed by atoms with Gasteiger partial charge in [0.25, 0.3) is 0 Å². The van der Waals surface area contributed by atoms with Gasteiger partial charge in [-0.25, -0.2) is 0 Å². The lowest BCUT2D eigenvalue weighted by molar-refractivity contribution is -0.140. The fraction of sp³-hybridized carbons (Fsp3) is 0.421. The molecule has 1 aromatic heterocycles. The summed E-state index contributed by atoms with van der Waals surface area (Å²) in [6.45, 7) is 0.325. The number of thioether (sulfide) groups is 1. The second-order valence-corrected chi connectivity index (χ2v) is 7.43. The SMILES string of the molecule is CSCC[C@H](N)C(=O)N[C@@H](CC(=O)O)C(=O)NCCc1c[nH]c2ccccc12. The molecule has 2 amide bonds. The van der Waals surface area contributed by atoms with Crippen LogP contribution >= 0.6 is 11.8 Å². The summed E-state index contributed by atoms with van der Waals surface area (Å²) in [6.07, 6.45) is 4.32. The highest BCUT2D eigenvalue weighted by Crippen LogP contribution is 2.17. The van der Waals surface area contributed by atoms with Crippen molar-refractivity contribution < 1.29 is 19.5 Å². The summed E-state index contributed by atoms with van der Waals surface area (Å²) in [5.41, 5.74) is 7.85. The number of rotatable bonds is 11. The van der Waals surface area contributed by atoms with Crippen LogP contribution in [0.25, 0.3) is 10.9 Å². The number of para-hydroxylation sites is 1. The van der Waals surface area contributed by atoms with Crippen LogP contribution < -0.4 is 16.4 Å². The molecule has 2 rings (SSSR count). The highest BCUT2D eigenvalue weighted by molar-refractivity contribution is 7.98. The van der Waals surface area contributed by atoms with Crippen molar-refractivity contribution in [2.75, 3.05) is 18.6 Å². The van der Waals surface area contributed by atoms with Gasteiger partial charge in [-0.05, 0) is 36.5 Å². The van der Waals surface area contributed by atoms with Crippen LogP contribution in [0.5, 0.6) is 0 Å². The maximum atomic E-state index is 12.4. The number of aromatic nitrogens is 1. The van der Waals surface area contributed by atoms with Gasteiger partial charge in [0.2, 0.25) is 11.8 Å². The molecule has 0 aliphatic heterocycles. The maximum Gasteiger partial charge on any atom is 0.305 e. The minimum absolute atomic E-state index is 0.325. The van der Waals surface area contributed by atoms with Crippen molar-refractivity contribution in [2.45, 2.75) is 31.3 Å². The summed E-state index contributed by atoms with van der Waals surface area (Å²) in [5, 5.41) is 15.3. The van der Waals surface area contributed by atoms with Gasteiger partial charge in [-0.3, -0.25) is 14.4 Å². The maximum absolute atomic E-state index is 12.4. The number of aromatic amines is 1. The number of fused-ring (bicyclic) bond motifs is 1. The van der Waals surface area contributed by atoms with Gasteiger partial charge in [-0.1, -0.05) is 18.2 Å². The standard InChI is InChI=1S/C19H26N4O4S/c1-28-9-7-14(20)18(26)23-16(10-17(24)25)19(27)21-8-6-12-11-22-15-5-3-2-4-13(12)15/h2-5,11,14,16,22H,6-10,20H2,1H3,(H,21,27)(H,23,26)(H,24,25)/t14-,16-/m0/s1. The third kappa shape index (κ3) is 6.28. The van der Waals surface area contributed by atoms with E-state index >= 15 is 0 Å². The number of nitrogens with two attached hydrogens (primary N) is 1. The largest absolute Gasteiger partial charge is 0.481 e. The van der Waals surface area contributed by atoms with Gasteiger partial charge >= 0.3 is 5.97 Å². The minimum atomic E-state index is -1.17. The molecule has 1 heterocycles. The molecule has 8 nitrogen and oxygen atoms in total. The number of carboxylic acid groups (broad SMARTS) is 1. The molecule has 0 fully saturated rings. The van der Waals surface area contributed by atoms with Crippen LogP contribution in [-0.2, 0) is 20.8 Å². The molecule has 0 radical (unpaired) electrons. The lowest BCUT2D eigenvalue weighted by Crippen LogP contribution is -2.52. The van der Waals surface area contributed by atoms with Crippen LogP contribution in [0.4, 0.5) is 0 Å². The molecule has 1 aromatic carbocycles. The molecule has 0 aliphatic rings. The van der Waals surface area contributed by atoms with Crippen molar-refractivity contribution in [1.82, 2.24) is 15.6 Å². The summed E-state index contributed by atoms with van der Waals surface area (Å²) in [4.78, 5) is 38.8. The summed E-state index contributed by atoms with van der Waals surface area (Å²) in [6, 6.07) is 5.91. The number of aliphatic carboxylic acids is 1. The molecule has 0 bridgehead atoms. The number of benzene rings is 1. The van der Waals surface area contributed by atoms with Gasteiger partial charge in [0.15, 0.2) is 0 Å². The molecule has 28 heavy (non-hydrogen) atoms. The first-order valence-electron chi connectivity index (χ1n) is 9.01. The molecule has 0 unspecified atom stereocenters. The van der Waals surface area contributed by atoms with Crippen molar-refractivity contribution in [3.8, 4) is 0 Å². The molecule has 0 aliphatic carbocycles. The van der Waals surface area contributed by atoms with Gasteiger partial charge in [-0.15, -0.1) is 0 Å². The molecule has 9 heteroatoms. The Bertz CT molecular complexity index is 823. The predicted molar refractivity (Wildman–Crippen MR) is 110 cm³/mol. The Balaban J connectivity index is 1.91. The van der Waals surface area contributed by atoms with E-state index in [4.69, 9.17) is 10.8 Å². The molecular weight excluding hydrogens is 380 g/mol. The Kier molecular flexibility index (Phi) is 8.34. The van der Waals surface area contributed by atoms with E-state index in [9.17, 15) is 14.4 Å². The topological polar surface area (TPSA) is 137 Å². The zero-order valence-electron chi connectivity index (χ0n) is 15.7. The Morgan fingerprint density at radius 1 is 1.25 bits per heavy atom. The molecule has 152 valence electrons. The molecule has 0 spiro atoms. The zero-order chi connectivity index (χ0) is 20.5. The summed E-state index contributed by atoms with van der Waals surface area (Å²) >= 11 is 1.56. The predicted octanol–water partition coefficient (Wildman–Crippen LogP) is 0.867. The van der Waals surface area contributed by atoms with E-state index < -0.39 is 36.3 Å². The third-order valence-electron chi connectivity index (χ3n) is 4.35. The smallest absolute Gasteiger partial charge is 0.305 e. The average molecular weight is 407 g/mol. The van der Waals surface area contributed by atoms with E-state index in [1.54, 1.807) is 11.8 Å². The van der Waals surface area contributed by atoms with Gasteiger partial charge in [-0.2, -0.15) is 11.8 Å². The Morgan fingerprint density at radius 2 is 2.00 bits per heavy atom. The first-order valence-corrected chi connectivity index (χ1v) is 10.4. The number of hydrogen-bond donors (Lipinski definition) is 5. The van der Waals surface area contributed by atoms with Crippen LogP contribution in [0.3, 0.4) is 0 Å². The first kappa shape index (κ1) is 21.8. The Labute approximate surface area is 167 Å². The van der Waals surface area contributed by atoms with Crippen molar-refractivity contribution in [1.29, 1.82) is 0 Å². The van der Waals surface area contributed by atoms with Crippen LogP contribution in [0.1, 0.15) is 18.4 Å². The van der Waals surface area contributed by atoms with Gasteiger partial charge in [0.05, 0.1) is 12.5 Å². The average Bonchev–Trinajstić information content (AvgIpc) is 3.08. The quantitative estimate of drug-likeness (QED) is 0.375. The third-order valence-corrected chi connectivity index (χ3v) is 4.99. The number of amides is 2. The highest BCUT2D eigenvalue weighted by Gasteiger charge is 2.25. The monoisotopic (exact) mass is 406 g/mol. The number of carbonyl (C=O) groups is 3. The van der Waals surface area contributed by atoms with Crippen LogP contribution in [0, 0.1) is 0 Å². The number of H-pyrrole nitrogens is 1. The lowest BCUT2D eigenvalue weighted by atomic mass is 10.1. The molecular formula is C19H26N4O4S. The zero-order valence-corrected chi connectivity index (χ0v) is 16.6. The van der Waals surface area contributed by atoms with E-state index in [1.165, 1.54) is 0 Å². The van der Waals surface area contributed by atoms with Crippen molar-refractivity contribution in [3.05, 3.63) is 36.0 Å². The summed E-state index contributed by atoms with van der Waals surface area (Å²) < 4.78 is 0. The molecule has 0 saturated heterocycles. The number of carboxylic acids is 1. The normalized spacial score (nSPS) is 13.1. The Hall–Kier alpha value is -2.52. The van der Waals surface area contributed by atoms with E-state index in [1.807, 2.05) is 36.7 Å². The van der Waals surface area contributed by atoms with E-state index in [-0.39, 0.29) is 0 Å². The Morgan fingerprint density at radius 3 is 2.71 bits per heavy atom. The first-order chi connectivity index (χ1) is 13.4. The fourth-order valence-electron chi connectivity index (χ4n) is 2.82. The number of carbonyl (C=O) groups excluding carboxylic acids is 2. The van der Waals surface area contributed by atoms with Crippen molar-refractivity contribution in [2.24, 2.45) is 5.73 Å². The van der Waals surface area contributed by atoms with E-state index in [2.05, 4.69) is 15.6 Å². The van der Waals surface area contributed by atoms with Gasteiger partial charge < -0.3 is 26.5 Å². The number of nitrogens with one attached hydrogen (secondary N) is 3. The second-order valence-electron chi connectivity index (χ2n) is 6.45. The van der Waals surface area contributed by atoms with E-state index in [0.29, 0.717) is 25.1 Å². The van der Waals surface area contributed by atoms with Crippen molar-refractivity contribution in [3.63, 3.8) is 0 Å². The molecule has 2 atom stereocenters. The highest BCUT2D eigenvalue weighted by atomic mass is 32.2. The van der Waals surface area contributed by atoms with Crippen LogP contribution in [-0.4, -0.2) is 58.5 Å². The molecule has 6 N–H and O–H groups in total. The van der Waals surface area contributed by atoms with Crippen molar-refractivity contribution >= 4 is 40.4 Å². The lowest BCUT2D eigenvalue weighted by Gasteiger charge is -2.19. The molecule has 0 saturated carbocycles. The van der Waals surface area contributed by atoms with Crippen LogP contribution in [0.15, 0.2) is 30.5 Å². The summed E-state index contributed by atoms with van der Waals surface area (Å²) in [7, 11) is 0. The molecule has 2 aromatic rings. The minimum Gasteiger partial charge on any atom is -0.481 e. The van der Waals surface area contributed by atoms with E-state index in [0.717, 1.165) is 16.5 Å². The van der Waals surface area contributed by atoms with Crippen LogP contribution in [0.2, 0.25) is 0 Å². The number of hydrogen-bond acceptors (Lipinski definition) is 5. The van der Waals surface area contributed by atoms with Gasteiger partial charge in [0.1, 0.15) is 6.04 Å². The van der Waals surface area contributed by atoms with Gasteiger partial charge in [0, 0.05) is 23.6 Å². The fourth-order valence-corrected chi connectivity index (χ4v) is 3.31. The second kappa shape index (κ2) is 10.7. The summed E-state index contributed by atoms with van der Waals surface area (Å²) in [5.74, 6) is -1.52.